The van der Waals surface area contributed by atoms with E-state index in [-0.39, 0.29) is 11.8 Å². The minimum absolute atomic E-state index is 0.129. The predicted octanol–water partition coefficient (Wildman–Crippen LogP) is 2.68. The zero-order valence-electron chi connectivity index (χ0n) is 19.3. The largest absolute Gasteiger partial charge is 0.361 e. The van der Waals surface area contributed by atoms with Gasteiger partial charge in [-0.1, -0.05) is 26.6 Å². The van der Waals surface area contributed by atoms with Crippen molar-refractivity contribution in [1.29, 1.82) is 0 Å². The third kappa shape index (κ3) is 6.74. The summed E-state index contributed by atoms with van der Waals surface area (Å²) < 4.78 is 33.5. The molecule has 1 aliphatic rings. The van der Waals surface area contributed by atoms with E-state index in [1.807, 2.05) is 23.8 Å². The molecule has 32 heavy (non-hydrogen) atoms. The molecule has 178 valence electrons. The molecule has 1 fully saturated rings. The van der Waals surface area contributed by atoms with Crippen LogP contribution < -0.4 is 10.6 Å². The van der Waals surface area contributed by atoms with Crippen molar-refractivity contribution in [3.05, 3.63) is 18.5 Å². The number of hydrogen-bond acceptors (Lipinski definition) is 6. The summed E-state index contributed by atoms with van der Waals surface area (Å²) in [6.45, 7) is 10.6. The molecule has 1 saturated heterocycles. The van der Waals surface area contributed by atoms with Crippen molar-refractivity contribution < 1.29 is 17.9 Å². The molecule has 3 rings (SSSR count). The Balaban J connectivity index is 1.51. The molecule has 0 aliphatic carbocycles. The number of rotatable bonds is 10. The third-order valence-electron chi connectivity index (χ3n) is 5.27. The molecule has 1 atom stereocenters. The summed E-state index contributed by atoms with van der Waals surface area (Å²) in [7, 11) is -4.37. The van der Waals surface area contributed by atoms with Crippen molar-refractivity contribution in [2.45, 2.75) is 58.2 Å². The van der Waals surface area contributed by atoms with Gasteiger partial charge in [0, 0.05) is 40.0 Å². The van der Waals surface area contributed by atoms with Crippen molar-refractivity contribution in [2.75, 3.05) is 30.8 Å². The van der Waals surface area contributed by atoms with Crippen LogP contribution in [0.25, 0.3) is 11.2 Å². The van der Waals surface area contributed by atoms with Crippen LogP contribution in [0.3, 0.4) is 0 Å². The summed E-state index contributed by atoms with van der Waals surface area (Å²) in [5.74, 6) is 0.464. The van der Waals surface area contributed by atoms with Gasteiger partial charge in [-0.25, -0.2) is 23.2 Å². The molecule has 0 radical (unpaired) electrons. The minimum atomic E-state index is -3.25. The highest BCUT2D eigenvalue weighted by Crippen LogP contribution is 2.17. The maximum Gasteiger partial charge on any atom is 0.320 e. The van der Waals surface area contributed by atoms with Crippen LogP contribution in [-0.2, 0) is 21.5 Å². The van der Waals surface area contributed by atoms with Crippen molar-refractivity contribution in [3.8, 4) is 0 Å². The van der Waals surface area contributed by atoms with Crippen LogP contribution in [0.1, 0.15) is 19.8 Å². The first-order valence-electron chi connectivity index (χ1n) is 11.0. The highest BCUT2D eigenvalue weighted by atomic mass is 32.2. The maximum atomic E-state index is 12.4. The Labute approximate surface area is 190 Å². The molecule has 12 heteroatoms. The molecule has 10 nitrogen and oxygen atoms in total. The van der Waals surface area contributed by atoms with Crippen LogP contribution >= 0.6 is 0 Å². The average Bonchev–Trinajstić information content (AvgIpc) is 3.32. The van der Waals surface area contributed by atoms with Gasteiger partial charge in [-0.15, -0.1) is 0 Å². The van der Waals surface area contributed by atoms with E-state index in [2.05, 4.69) is 40.2 Å². The van der Waals surface area contributed by atoms with Crippen LogP contribution in [0, 0.1) is 0 Å². The number of ether oxygens (including phenoxy) is 1. The minimum Gasteiger partial charge on any atom is -0.361 e. The number of amides is 2. The van der Waals surface area contributed by atoms with E-state index < -0.39 is 24.1 Å². The van der Waals surface area contributed by atoms with Gasteiger partial charge in [0.2, 0.25) is 10.0 Å². The molecule has 2 aromatic rings. The van der Waals surface area contributed by atoms with Gasteiger partial charge in [0.25, 0.3) is 0 Å². The second-order valence-electron chi connectivity index (χ2n) is 9.36. The lowest BCUT2D eigenvalue weighted by atomic mass is 10.3. The topological polar surface area (TPSA) is 118 Å². The number of anilines is 1. The lowest BCUT2D eigenvalue weighted by molar-refractivity contribution is 0.0899. The highest BCUT2D eigenvalue weighted by Gasteiger charge is 2.31. The van der Waals surface area contributed by atoms with Crippen molar-refractivity contribution in [1.82, 2.24) is 24.2 Å². The normalized spacial score (nSPS) is 17.7. The van der Waals surface area contributed by atoms with Crippen LogP contribution in [0.2, 0.25) is 25.7 Å². The zero-order chi connectivity index (χ0) is 23.4. The Kier molecular flexibility index (Phi) is 7.91. The quantitative estimate of drug-likeness (QED) is 0.397. The summed E-state index contributed by atoms with van der Waals surface area (Å²) in [4.78, 5) is 21.2. The summed E-state index contributed by atoms with van der Waals surface area (Å²) in [5.41, 5.74) is 1.35. The van der Waals surface area contributed by atoms with Crippen molar-refractivity contribution >= 4 is 41.1 Å². The standard InChI is InChI=1S/C20H34N6O4SSi/c1-5-11-31(28,29)26-9-6-16(14-26)22-20(27)24-18-13-21-19-17(23-18)7-8-25(19)15-30-10-12-32(2,3)4/h7-8,13,16H,5-6,9-12,14-15H2,1-4H3,(H2,22,23,24,27)/t16-/m0/s1. The van der Waals surface area contributed by atoms with Gasteiger partial charge in [0.15, 0.2) is 11.5 Å². The van der Waals surface area contributed by atoms with E-state index in [1.165, 1.54) is 10.5 Å². The second-order valence-corrected chi connectivity index (χ2v) is 17.1. The smallest absolute Gasteiger partial charge is 0.320 e. The third-order valence-corrected chi connectivity index (χ3v) is 9.02. The maximum absolute atomic E-state index is 12.4. The fourth-order valence-electron chi connectivity index (χ4n) is 3.49. The monoisotopic (exact) mass is 482 g/mol. The number of hydrogen-bond donors (Lipinski definition) is 2. The first kappa shape index (κ1) is 24.6. The predicted molar refractivity (Wildman–Crippen MR) is 128 cm³/mol. The molecule has 2 amide bonds. The lowest BCUT2D eigenvalue weighted by Crippen LogP contribution is -2.41. The number of carbonyl (C=O) groups is 1. The van der Waals surface area contributed by atoms with Gasteiger partial charge in [-0.3, -0.25) is 5.32 Å². The first-order chi connectivity index (χ1) is 15.1. The fourth-order valence-corrected chi connectivity index (χ4v) is 5.81. The van der Waals surface area contributed by atoms with E-state index in [4.69, 9.17) is 4.74 Å². The van der Waals surface area contributed by atoms with E-state index in [9.17, 15) is 13.2 Å². The molecule has 2 N–H and O–H groups in total. The van der Waals surface area contributed by atoms with Crippen LogP contribution in [0.15, 0.2) is 18.5 Å². The second kappa shape index (κ2) is 10.3. The molecule has 2 aromatic heterocycles. The Morgan fingerprint density at radius 3 is 2.84 bits per heavy atom. The Bertz CT molecular complexity index is 1040. The Morgan fingerprint density at radius 2 is 2.12 bits per heavy atom. The molecular weight excluding hydrogens is 448 g/mol. The number of nitrogens with zero attached hydrogens (tertiary/aromatic N) is 4. The van der Waals surface area contributed by atoms with Crippen molar-refractivity contribution in [3.63, 3.8) is 0 Å². The molecule has 0 saturated carbocycles. The number of fused-ring (bicyclic) bond motifs is 1. The van der Waals surface area contributed by atoms with Gasteiger partial charge in [0.05, 0.1) is 11.9 Å². The Morgan fingerprint density at radius 1 is 1.34 bits per heavy atom. The van der Waals surface area contributed by atoms with Gasteiger partial charge < -0.3 is 14.6 Å². The summed E-state index contributed by atoms with van der Waals surface area (Å²) >= 11 is 0. The zero-order valence-corrected chi connectivity index (χ0v) is 21.1. The Hall–Kier alpha value is -2.02. The number of aromatic nitrogens is 3. The molecule has 0 unspecified atom stereocenters. The van der Waals surface area contributed by atoms with Crippen LogP contribution in [0.4, 0.5) is 10.6 Å². The molecule has 0 spiro atoms. The van der Waals surface area contributed by atoms with Crippen molar-refractivity contribution in [2.24, 2.45) is 0 Å². The number of nitrogens with one attached hydrogen (secondary N) is 2. The fraction of sp³-hybridized carbons (Fsp3) is 0.650. The van der Waals surface area contributed by atoms with Crippen LogP contribution in [0.5, 0.6) is 0 Å². The molecule has 3 heterocycles. The van der Waals surface area contributed by atoms with Crippen LogP contribution in [-0.4, -0.2) is 72.9 Å². The SMILES string of the molecule is CCCS(=O)(=O)N1CC[C@H](NC(=O)Nc2cnc3c(ccn3COCC[Si](C)(C)C)n2)C1. The highest BCUT2D eigenvalue weighted by molar-refractivity contribution is 7.89. The molecule has 0 bridgehead atoms. The lowest BCUT2D eigenvalue weighted by Gasteiger charge is -2.17. The number of carbonyl (C=O) groups excluding carboxylic acids is 1. The first-order valence-corrected chi connectivity index (χ1v) is 16.3. The number of sulfonamides is 1. The molecule has 1 aliphatic heterocycles. The van der Waals surface area contributed by atoms with E-state index in [0.29, 0.717) is 49.6 Å². The van der Waals surface area contributed by atoms with E-state index in [1.54, 1.807) is 0 Å². The van der Waals surface area contributed by atoms with Gasteiger partial charge >= 0.3 is 6.03 Å². The van der Waals surface area contributed by atoms with E-state index in [0.717, 1.165) is 12.7 Å². The summed E-state index contributed by atoms with van der Waals surface area (Å²) in [6.07, 6.45) is 4.53. The average molecular weight is 483 g/mol. The van der Waals surface area contributed by atoms with Gasteiger partial charge in [0.1, 0.15) is 12.2 Å². The van der Waals surface area contributed by atoms with Gasteiger partial charge in [-0.05, 0) is 25.0 Å². The molecular formula is C20H34N6O4SSi. The summed E-state index contributed by atoms with van der Waals surface area (Å²) in [6, 6.07) is 2.28. The molecule has 0 aromatic carbocycles. The van der Waals surface area contributed by atoms with E-state index >= 15 is 0 Å². The number of urea groups is 1. The van der Waals surface area contributed by atoms with Gasteiger partial charge in [-0.2, -0.15) is 4.31 Å². The summed E-state index contributed by atoms with van der Waals surface area (Å²) in [5, 5.41) is 5.52.